The fourth-order valence-corrected chi connectivity index (χ4v) is 4.59. The Morgan fingerprint density at radius 3 is 2.54 bits per heavy atom. The van der Waals surface area contributed by atoms with E-state index in [-0.39, 0.29) is 23.3 Å². The summed E-state index contributed by atoms with van der Waals surface area (Å²) >= 11 is 0. The molecule has 0 spiro atoms. The summed E-state index contributed by atoms with van der Waals surface area (Å²) in [5.74, 6) is -1.55. The van der Waals surface area contributed by atoms with E-state index in [9.17, 15) is 19.6 Å². The first-order valence-electron chi connectivity index (χ1n) is 12.0. The lowest BCUT2D eigenvalue weighted by atomic mass is 9.79. The molecule has 0 bridgehead atoms. The molecule has 35 heavy (non-hydrogen) atoms. The minimum atomic E-state index is -1.07. The molecule has 1 aromatic heterocycles. The van der Waals surface area contributed by atoms with E-state index < -0.39 is 23.3 Å². The van der Waals surface area contributed by atoms with E-state index in [2.05, 4.69) is 15.3 Å². The van der Waals surface area contributed by atoms with Gasteiger partial charge in [0.25, 0.3) is 5.56 Å². The van der Waals surface area contributed by atoms with Crippen LogP contribution in [0.25, 0.3) is 0 Å². The van der Waals surface area contributed by atoms with Gasteiger partial charge in [0.15, 0.2) is 0 Å². The summed E-state index contributed by atoms with van der Waals surface area (Å²) < 4.78 is 10.7. The van der Waals surface area contributed by atoms with Crippen molar-refractivity contribution >= 4 is 23.6 Å². The Balaban J connectivity index is 1.62. The number of carbonyl (C=O) groups is 2. The standard InChI is InChI=1S/C25H29N5O5/c1-3-13-35-17-7-5-15(6-8-17)19-18(14-26)22(31)27-21-20(19)23(32)29-25(28-21)30-11-9-16(10-12-30)24(33)34-4-2/h5-8,16,18-19H,3-4,9-13H2,1-2H3,(H2,27,28,29,31,32). The zero-order valence-electron chi connectivity index (χ0n) is 19.9. The van der Waals surface area contributed by atoms with Crippen LogP contribution in [0.15, 0.2) is 29.1 Å². The van der Waals surface area contributed by atoms with E-state index >= 15 is 0 Å². The number of ether oxygens (including phenoxy) is 2. The average Bonchev–Trinajstić information content (AvgIpc) is 2.87. The second-order valence-electron chi connectivity index (χ2n) is 8.66. The SMILES string of the molecule is CCCOc1ccc(C2c3c(nc(N4CCC(C(=O)OCC)CC4)[nH]c3=O)NC(=O)C2C#N)cc1. The van der Waals surface area contributed by atoms with E-state index in [0.29, 0.717) is 56.4 Å². The zero-order valence-corrected chi connectivity index (χ0v) is 19.9. The lowest BCUT2D eigenvalue weighted by Gasteiger charge is -2.33. The van der Waals surface area contributed by atoms with Crippen molar-refractivity contribution in [2.75, 3.05) is 36.5 Å². The number of nitriles is 1. The molecule has 4 rings (SSSR count). The number of esters is 1. The number of hydrogen-bond donors (Lipinski definition) is 2. The van der Waals surface area contributed by atoms with Gasteiger partial charge in [-0.05, 0) is 43.9 Å². The molecule has 184 valence electrons. The smallest absolute Gasteiger partial charge is 0.309 e. The van der Waals surface area contributed by atoms with Crippen LogP contribution < -0.4 is 20.5 Å². The van der Waals surface area contributed by atoms with Crippen molar-refractivity contribution in [2.45, 2.75) is 39.0 Å². The number of H-pyrrole nitrogens is 1. The minimum Gasteiger partial charge on any atom is -0.494 e. The number of anilines is 2. The van der Waals surface area contributed by atoms with Gasteiger partial charge in [0.05, 0.1) is 30.8 Å². The fraction of sp³-hybridized carbons (Fsp3) is 0.480. The third-order valence-electron chi connectivity index (χ3n) is 6.38. The Kier molecular flexibility index (Phi) is 7.34. The van der Waals surface area contributed by atoms with E-state index in [1.165, 1.54) is 0 Å². The predicted molar refractivity (Wildman–Crippen MR) is 128 cm³/mol. The molecular formula is C25H29N5O5. The number of nitrogens with one attached hydrogen (secondary N) is 2. The molecule has 1 fully saturated rings. The summed E-state index contributed by atoms with van der Waals surface area (Å²) in [6.45, 7) is 5.75. The van der Waals surface area contributed by atoms with Gasteiger partial charge in [-0.1, -0.05) is 19.1 Å². The number of benzene rings is 1. The first kappa shape index (κ1) is 24.3. The third-order valence-corrected chi connectivity index (χ3v) is 6.38. The first-order valence-corrected chi connectivity index (χ1v) is 12.0. The fourth-order valence-electron chi connectivity index (χ4n) is 4.59. The maximum atomic E-state index is 13.3. The van der Waals surface area contributed by atoms with Crippen LogP contribution in [-0.2, 0) is 14.3 Å². The minimum absolute atomic E-state index is 0.157. The molecule has 1 saturated heterocycles. The van der Waals surface area contributed by atoms with Gasteiger partial charge in [0.2, 0.25) is 11.9 Å². The van der Waals surface area contributed by atoms with Crippen molar-refractivity contribution in [3.05, 3.63) is 45.7 Å². The molecule has 10 heteroatoms. The highest BCUT2D eigenvalue weighted by Crippen LogP contribution is 2.38. The molecular weight excluding hydrogens is 450 g/mol. The van der Waals surface area contributed by atoms with Gasteiger partial charge in [-0.15, -0.1) is 0 Å². The van der Waals surface area contributed by atoms with Crippen LogP contribution in [0.2, 0.25) is 0 Å². The van der Waals surface area contributed by atoms with Crippen molar-refractivity contribution in [1.29, 1.82) is 5.26 Å². The van der Waals surface area contributed by atoms with E-state index in [1.54, 1.807) is 31.2 Å². The average molecular weight is 480 g/mol. The van der Waals surface area contributed by atoms with Crippen molar-refractivity contribution in [1.82, 2.24) is 9.97 Å². The van der Waals surface area contributed by atoms with Gasteiger partial charge >= 0.3 is 5.97 Å². The monoisotopic (exact) mass is 479 g/mol. The summed E-state index contributed by atoms with van der Waals surface area (Å²) in [5.41, 5.74) is 0.504. The van der Waals surface area contributed by atoms with Gasteiger partial charge in [0.1, 0.15) is 17.5 Å². The van der Waals surface area contributed by atoms with E-state index in [0.717, 1.165) is 6.42 Å². The highest BCUT2D eigenvalue weighted by Gasteiger charge is 2.40. The van der Waals surface area contributed by atoms with Crippen molar-refractivity contribution in [3.8, 4) is 11.8 Å². The van der Waals surface area contributed by atoms with Crippen LogP contribution in [-0.4, -0.2) is 48.1 Å². The molecule has 2 aromatic rings. The summed E-state index contributed by atoms with van der Waals surface area (Å²) in [7, 11) is 0. The number of hydrogen-bond acceptors (Lipinski definition) is 8. The van der Waals surface area contributed by atoms with Gasteiger partial charge in [-0.3, -0.25) is 19.4 Å². The third kappa shape index (κ3) is 4.99. The van der Waals surface area contributed by atoms with Crippen LogP contribution in [0.4, 0.5) is 11.8 Å². The highest BCUT2D eigenvalue weighted by molar-refractivity contribution is 5.98. The molecule has 10 nitrogen and oxygen atoms in total. The van der Waals surface area contributed by atoms with Gasteiger partial charge in [-0.2, -0.15) is 10.2 Å². The number of rotatable bonds is 7. The topological polar surface area (TPSA) is 137 Å². The molecule has 0 radical (unpaired) electrons. The summed E-state index contributed by atoms with van der Waals surface area (Å²) in [6.07, 6.45) is 2.04. The Morgan fingerprint density at radius 2 is 1.91 bits per heavy atom. The predicted octanol–water partition coefficient (Wildman–Crippen LogP) is 2.56. The largest absolute Gasteiger partial charge is 0.494 e. The molecule has 2 aliphatic heterocycles. The van der Waals surface area contributed by atoms with Crippen LogP contribution >= 0.6 is 0 Å². The highest BCUT2D eigenvalue weighted by atomic mass is 16.5. The second-order valence-corrected chi connectivity index (χ2v) is 8.66. The Hall–Kier alpha value is -3.87. The normalized spacial score (nSPS) is 19.9. The number of aromatic nitrogens is 2. The number of nitrogens with zero attached hydrogens (tertiary/aromatic N) is 3. The lowest BCUT2D eigenvalue weighted by molar-refractivity contribution is -0.148. The maximum Gasteiger partial charge on any atom is 0.309 e. The Bertz CT molecular complexity index is 1180. The lowest BCUT2D eigenvalue weighted by Crippen LogP contribution is -2.41. The van der Waals surface area contributed by atoms with E-state index in [1.807, 2.05) is 17.9 Å². The van der Waals surface area contributed by atoms with Gasteiger partial charge in [0, 0.05) is 19.0 Å². The number of fused-ring (bicyclic) bond motifs is 1. The quantitative estimate of drug-likeness (QED) is 0.578. The first-order chi connectivity index (χ1) is 17.0. The van der Waals surface area contributed by atoms with Crippen LogP contribution in [0, 0.1) is 23.2 Å². The molecule has 2 aliphatic rings. The number of carbonyl (C=O) groups excluding carboxylic acids is 2. The van der Waals surface area contributed by atoms with Crippen molar-refractivity contribution < 1.29 is 19.1 Å². The van der Waals surface area contributed by atoms with Gasteiger partial charge < -0.3 is 19.7 Å². The maximum absolute atomic E-state index is 13.3. The number of amides is 1. The molecule has 0 saturated carbocycles. The molecule has 0 aliphatic carbocycles. The van der Waals surface area contributed by atoms with Crippen LogP contribution in [0.1, 0.15) is 50.2 Å². The van der Waals surface area contributed by atoms with Gasteiger partial charge in [-0.25, -0.2) is 0 Å². The molecule has 1 amide bonds. The van der Waals surface area contributed by atoms with Crippen molar-refractivity contribution in [2.24, 2.45) is 11.8 Å². The number of aromatic amines is 1. The van der Waals surface area contributed by atoms with E-state index in [4.69, 9.17) is 9.47 Å². The van der Waals surface area contributed by atoms with Crippen LogP contribution in [0.5, 0.6) is 5.75 Å². The molecule has 2 unspecified atom stereocenters. The van der Waals surface area contributed by atoms with Crippen LogP contribution in [0.3, 0.4) is 0 Å². The number of piperidine rings is 1. The Morgan fingerprint density at radius 1 is 1.20 bits per heavy atom. The summed E-state index contributed by atoms with van der Waals surface area (Å²) in [6, 6.07) is 9.14. The molecule has 2 atom stereocenters. The molecule has 2 N–H and O–H groups in total. The summed E-state index contributed by atoms with van der Waals surface area (Å²) in [5, 5.41) is 12.4. The summed E-state index contributed by atoms with van der Waals surface area (Å²) in [4.78, 5) is 47.3. The second kappa shape index (κ2) is 10.6. The van der Waals surface area contributed by atoms with Crippen molar-refractivity contribution in [3.63, 3.8) is 0 Å². The zero-order chi connectivity index (χ0) is 24.9. The Labute approximate surface area is 203 Å². The molecule has 1 aromatic carbocycles. The molecule has 3 heterocycles.